The van der Waals surface area contributed by atoms with E-state index in [0.29, 0.717) is 22.9 Å². The molecule has 0 spiro atoms. The second-order valence-electron chi connectivity index (χ2n) is 11.8. The molecule has 0 saturated heterocycles. The van der Waals surface area contributed by atoms with E-state index in [1.807, 2.05) is 0 Å². The summed E-state index contributed by atoms with van der Waals surface area (Å²) in [5, 5.41) is 8.91. The second-order valence-corrected chi connectivity index (χ2v) is 13.9. The van der Waals surface area contributed by atoms with Gasteiger partial charge in [0.05, 0.1) is 32.7 Å². The van der Waals surface area contributed by atoms with Gasteiger partial charge in [0.15, 0.2) is 33.3 Å². The van der Waals surface area contributed by atoms with Gasteiger partial charge in [-0.2, -0.15) is 0 Å². The van der Waals surface area contributed by atoms with Gasteiger partial charge in [-0.05, 0) is 12.8 Å². The average Bonchev–Trinajstić information content (AvgIpc) is 3.73. The van der Waals surface area contributed by atoms with E-state index in [-0.39, 0.29) is 0 Å². The van der Waals surface area contributed by atoms with Crippen molar-refractivity contribution < 1.29 is 35.1 Å². The quantitative estimate of drug-likeness (QED) is 0.0442. The number of benzene rings is 3. The Kier molecular flexibility index (Phi) is 12.0. The molecule has 0 radical (unpaired) electrons. The Balaban J connectivity index is 1.53. The van der Waals surface area contributed by atoms with Crippen LogP contribution in [0.1, 0.15) is 101 Å². The molecule has 2 aromatic heterocycles. The highest BCUT2D eigenvalue weighted by Gasteiger charge is 2.34. The first-order valence-corrected chi connectivity index (χ1v) is 17.9. The lowest BCUT2D eigenvalue weighted by molar-refractivity contribution is 0.495. The highest BCUT2D eigenvalue weighted by molar-refractivity contribution is 7.15. The third-order valence-electron chi connectivity index (χ3n) is 8.37. The monoisotopic (exact) mass is 714 g/mol. The molecule has 0 fully saturated rings. The number of fused-ring (bicyclic) bond motifs is 2. The maximum Gasteiger partial charge on any atom is 0.172 e. The number of unbranched alkanes of at least 4 members (excludes halogenated alkanes) is 10. The van der Waals surface area contributed by atoms with Crippen LogP contribution in [0.3, 0.4) is 0 Å². The van der Waals surface area contributed by atoms with Crippen molar-refractivity contribution in [2.75, 3.05) is 0 Å². The number of hydrogen-bond acceptors (Lipinski definition) is 6. The Morgan fingerprint density at radius 2 is 0.708 bits per heavy atom. The van der Waals surface area contributed by atoms with Crippen LogP contribution in [0.2, 0.25) is 0 Å². The lowest BCUT2D eigenvalue weighted by Crippen LogP contribution is -2.06. The summed E-state index contributed by atoms with van der Waals surface area (Å²) in [6.07, 6.45) is 12.6. The van der Waals surface area contributed by atoms with E-state index in [0.717, 1.165) is 99.7 Å². The first-order chi connectivity index (χ1) is 23.1. The Morgan fingerprint density at radius 1 is 0.375 bits per heavy atom. The van der Waals surface area contributed by atoms with Crippen LogP contribution >= 0.6 is 22.7 Å². The molecule has 3 aromatic carbocycles. The van der Waals surface area contributed by atoms with E-state index in [1.54, 1.807) is 0 Å². The number of aryl methyl sites for hydroxylation is 2. The zero-order valence-electron chi connectivity index (χ0n) is 26.5. The molecule has 4 nitrogen and oxygen atoms in total. The SMILES string of the molecule is CCCCCCCCc1nnc(-c2c(F)c(F)c3c(F)c4c(F)c(-c5nnc(CCCCCCCC)s5)c(F)c(F)c4c(F)c3c2F)s1. The Hall–Kier alpha value is -3.26. The Labute approximate surface area is 280 Å². The molecular formula is C34H34F8N4S2. The molecule has 0 saturated carbocycles. The van der Waals surface area contributed by atoms with Crippen LogP contribution in [-0.4, -0.2) is 20.4 Å². The Bertz CT molecular complexity index is 1790. The van der Waals surface area contributed by atoms with Crippen molar-refractivity contribution in [2.24, 2.45) is 0 Å². The fourth-order valence-electron chi connectivity index (χ4n) is 5.80. The van der Waals surface area contributed by atoms with Crippen LogP contribution in [0.5, 0.6) is 0 Å². The molecular weight excluding hydrogens is 681 g/mol. The van der Waals surface area contributed by atoms with Crippen LogP contribution in [0, 0.1) is 46.5 Å². The van der Waals surface area contributed by atoms with E-state index in [2.05, 4.69) is 34.2 Å². The van der Waals surface area contributed by atoms with Crippen molar-refractivity contribution >= 4 is 44.2 Å². The molecule has 0 aliphatic rings. The van der Waals surface area contributed by atoms with Gasteiger partial charge < -0.3 is 0 Å². The molecule has 0 atom stereocenters. The average molecular weight is 715 g/mol. The van der Waals surface area contributed by atoms with Crippen LogP contribution in [0.4, 0.5) is 35.1 Å². The van der Waals surface area contributed by atoms with E-state index in [9.17, 15) is 0 Å². The first kappa shape index (κ1) is 36.0. The van der Waals surface area contributed by atoms with Crippen molar-refractivity contribution in [1.82, 2.24) is 20.4 Å². The molecule has 0 N–H and O–H groups in total. The van der Waals surface area contributed by atoms with Gasteiger partial charge in [0.1, 0.15) is 33.3 Å². The lowest BCUT2D eigenvalue weighted by atomic mass is 9.96. The number of halogens is 8. The van der Waals surface area contributed by atoms with Gasteiger partial charge in [0, 0.05) is 12.8 Å². The van der Waals surface area contributed by atoms with Gasteiger partial charge in [-0.15, -0.1) is 20.4 Å². The maximum atomic E-state index is 15.9. The lowest BCUT2D eigenvalue weighted by Gasteiger charge is -2.15. The van der Waals surface area contributed by atoms with E-state index in [1.165, 1.54) is 0 Å². The normalized spacial score (nSPS) is 11.9. The standard InChI is InChI=1S/C34H34F8N4S2/c1-3-5-7-9-11-13-15-17-43-45-33(47-17)23-27(37)19-21(29(39)31(23)41)26(36)20-22(25(19)35)30(40)32(42)24(28(20)38)34-46-44-18(48-34)16-14-12-10-8-6-4-2/h3-16H2,1-2H3. The van der Waals surface area contributed by atoms with Crippen molar-refractivity contribution in [2.45, 2.75) is 104 Å². The molecule has 0 amide bonds. The summed E-state index contributed by atoms with van der Waals surface area (Å²) in [5.74, 6) is -15.5. The molecule has 0 aliphatic heterocycles. The maximum absolute atomic E-state index is 15.9. The summed E-state index contributed by atoms with van der Waals surface area (Å²) < 4.78 is 125. The summed E-state index contributed by atoms with van der Waals surface area (Å²) >= 11 is 1.48. The number of aromatic nitrogens is 4. The second kappa shape index (κ2) is 16.0. The van der Waals surface area contributed by atoms with E-state index >= 15 is 35.1 Å². The van der Waals surface area contributed by atoms with E-state index < -0.39 is 89.2 Å². The molecule has 5 rings (SSSR count). The molecule has 2 heterocycles. The van der Waals surface area contributed by atoms with Gasteiger partial charge in [-0.25, -0.2) is 35.1 Å². The highest BCUT2D eigenvalue weighted by Crippen LogP contribution is 2.44. The predicted molar refractivity (Wildman–Crippen MR) is 173 cm³/mol. The molecule has 0 bridgehead atoms. The third-order valence-corrected chi connectivity index (χ3v) is 10.4. The van der Waals surface area contributed by atoms with Crippen LogP contribution < -0.4 is 0 Å². The highest BCUT2D eigenvalue weighted by atomic mass is 32.1. The summed E-state index contributed by atoms with van der Waals surface area (Å²) in [6, 6.07) is 0. The van der Waals surface area contributed by atoms with Crippen molar-refractivity contribution in [3.05, 3.63) is 56.6 Å². The number of nitrogens with zero attached hydrogens (tertiary/aromatic N) is 4. The smallest absolute Gasteiger partial charge is 0.172 e. The van der Waals surface area contributed by atoms with Gasteiger partial charge in [-0.1, -0.05) is 101 Å². The van der Waals surface area contributed by atoms with Gasteiger partial charge >= 0.3 is 0 Å². The zero-order chi connectivity index (χ0) is 34.5. The van der Waals surface area contributed by atoms with Crippen LogP contribution in [0.25, 0.3) is 42.7 Å². The third kappa shape index (κ3) is 7.05. The first-order valence-electron chi connectivity index (χ1n) is 16.2. The minimum Gasteiger partial charge on any atom is -0.205 e. The predicted octanol–water partition coefficient (Wildman–Crippen LogP) is 11.9. The minimum atomic E-state index is -2.05. The molecule has 48 heavy (non-hydrogen) atoms. The summed E-state index contributed by atoms with van der Waals surface area (Å²) in [5.41, 5.74) is -2.29. The summed E-state index contributed by atoms with van der Waals surface area (Å²) in [6.45, 7) is 4.19. The largest absolute Gasteiger partial charge is 0.205 e. The fraction of sp³-hybridized carbons (Fsp3) is 0.471. The Morgan fingerprint density at radius 3 is 1.08 bits per heavy atom. The minimum absolute atomic E-state index is 0.388. The summed E-state index contributed by atoms with van der Waals surface area (Å²) in [7, 11) is 0. The van der Waals surface area contributed by atoms with Gasteiger partial charge in [0.2, 0.25) is 0 Å². The van der Waals surface area contributed by atoms with Gasteiger partial charge in [0.25, 0.3) is 0 Å². The molecule has 0 unspecified atom stereocenters. The van der Waals surface area contributed by atoms with Crippen molar-refractivity contribution in [1.29, 1.82) is 0 Å². The number of rotatable bonds is 16. The zero-order valence-corrected chi connectivity index (χ0v) is 28.2. The van der Waals surface area contributed by atoms with Crippen LogP contribution in [0.15, 0.2) is 0 Å². The topological polar surface area (TPSA) is 51.6 Å². The number of hydrogen-bond donors (Lipinski definition) is 0. The van der Waals surface area contributed by atoms with Crippen molar-refractivity contribution in [3.63, 3.8) is 0 Å². The fourth-order valence-corrected chi connectivity index (χ4v) is 7.62. The summed E-state index contributed by atoms with van der Waals surface area (Å²) in [4.78, 5) is 0. The molecule has 5 aromatic rings. The van der Waals surface area contributed by atoms with E-state index in [4.69, 9.17) is 0 Å². The van der Waals surface area contributed by atoms with Crippen molar-refractivity contribution in [3.8, 4) is 21.1 Å². The molecule has 14 heteroatoms. The molecule has 0 aliphatic carbocycles. The molecule has 258 valence electrons. The van der Waals surface area contributed by atoms with Gasteiger partial charge in [-0.3, -0.25) is 0 Å². The van der Waals surface area contributed by atoms with Crippen LogP contribution in [-0.2, 0) is 12.8 Å².